The smallest absolute Gasteiger partial charge is 0.416 e. The lowest BCUT2D eigenvalue weighted by Crippen LogP contribution is -2.04. The minimum atomic E-state index is -4.58. The van der Waals surface area contributed by atoms with E-state index in [0.717, 1.165) is 18.2 Å². The first-order valence-corrected chi connectivity index (χ1v) is 5.04. The second-order valence-electron chi connectivity index (χ2n) is 3.75. The highest BCUT2D eigenvalue weighted by molar-refractivity contribution is 5.66. The molecule has 0 unspecified atom stereocenters. The minimum absolute atomic E-state index is 0.0129. The molecule has 0 aromatic heterocycles. The highest BCUT2D eigenvalue weighted by Gasteiger charge is 2.31. The maximum absolute atomic E-state index is 13.5. The quantitative estimate of drug-likeness (QED) is 0.757. The molecule has 0 spiro atoms. The molecule has 0 aliphatic carbocycles. The molecule has 0 amide bonds. The summed E-state index contributed by atoms with van der Waals surface area (Å²) in [6, 6.07) is 7.94. The van der Waals surface area contributed by atoms with Crippen molar-refractivity contribution in [1.29, 1.82) is 0 Å². The first kappa shape index (κ1) is 12.4. The lowest BCUT2D eigenvalue weighted by Gasteiger charge is -2.10. The predicted octanol–water partition coefficient (Wildman–Crippen LogP) is 4.22. The van der Waals surface area contributed by atoms with Gasteiger partial charge in [0, 0.05) is 5.56 Å². The first-order chi connectivity index (χ1) is 8.38. The molecular formula is C13H8F4O. The monoisotopic (exact) mass is 256 g/mol. The van der Waals surface area contributed by atoms with Crippen molar-refractivity contribution in [2.24, 2.45) is 0 Å². The first-order valence-electron chi connectivity index (χ1n) is 5.04. The molecule has 2 aromatic rings. The number of phenols is 1. The zero-order valence-electron chi connectivity index (χ0n) is 9.00. The largest absolute Gasteiger partial charge is 0.508 e. The van der Waals surface area contributed by atoms with E-state index < -0.39 is 23.3 Å². The van der Waals surface area contributed by atoms with Crippen molar-refractivity contribution in [2.45, 2.75) is 6.18 Å². The van der Waals surface area contributed by atoms with E-state index in [1.807, 2.05) is 0 Å². The van der Waals surface area contributed by atoms with Gasteiger partial charge in [-0.2, -0.15) is 13.2 Å². The predicted molar refractivity (Wildman–Crippen MR) is 58.5 cm³/mol. The van der Waals surface area contributed by atoms with Crippen LogP contribution in [0, 0.1) is 5.82 Å². The van der Waals surface area contributed by atoms with Crippen LogP contribution in [0.3, 0.4) is 0 Å². The van der Waals surface area contributed by atoms with E-state index >= 15 is 0 Å². The van der Waals surface area contributed by atoms with Crippen LogP contribution in [0.25, 0.3) is 11.1 Å². The molecule has 18 heavy (non-hydrogen) atoms. The summed E-state index contributed by atoms with van der Waals surface area (Å²) in [6.45, 7) is 0. The van der Waals surface area contributed by atoms with Crippen LogP contribution in [-0.2, 0) is 6.18 Å². The second kappa shape index (κ2) is 4.33. The Bertz CT molecular complexity index is 575. The topological polar surface area (TPSA) is 20.2 Å². The molecule has 0 atom stereocenters. The van der Waals surface area contributed by atoms with Gasteiger partial charge in [-0.1, -0.05) is 18.2 Å². The summed E-state index contributed by atoms with van der Waals surface area (Å²) in [5, 5.41) is 9.29. The second-order valence-corrected chi connectivity index (χ2v) is 3.75. The summed E-state index contributed by atoms with van der Waals surface area (Å²) in [6.07, 6.45) is -4.58. The molecule has 0 bridgehead atoms. The average molecular weight is 256 g/mol. The summed E-state index contributed by atoms with van der Waals surface area (Å²) in [5.74, 6) is -1.20. The maximum Gasteiger partial charge on any atom is 0.416 e. The van der Waals surface area contributed by atoms with Crippen molar-refractivity contribution in [3.8, 4) is 16.9 Å². The standard InChI is InChI=1S/C13H8F4O/c14-12-4-2-1-3-11(12)8-5-9(13(15,16)17)7-10(18)6-8/h1-7,18H. The van der Waals surface area contributed by atoms with Gasteiger partial charge in [0.15, 0.2) is 0 Å². The molecule has 0 saturated heterocycles. The lowest BCUT2D eigenvalue weighted by molar-refractivity contribution is -0.137. The van der Waals surface area contributed by atoms with Gasteiger partial charge in [-0.15, -0.1) is 0 Å². The van der Waals surface area contributed by atoms with Gasteiger partial charge in [-0.05, 0) is 29.8 Å². The Morgan fingerprint density at radius 3 is 2.22 bits per heavy atom. The molecule has 5 heteroatoms. The van der Waals surface area contributed by atoms with Crippen molar-refractivity contribution in [2.75, 3.05) is 0 Å². The molecule has 1 nitrogen and oxygen atoms in total. The SMILES string of the molecule is Oc1cc(-c2ccccc2F)cc(C(F)(F)F)c1. The maximum atomic E-state index is 13.5. The van der Waals surface area contributed by atoms with Crippen molar-refractivity contribution >= 4 is 0 Å². The minimum Gasteiger partial charge on any atom is -0.508 e. The summed E-state index contributed by atoms with van der Waals surface area (Å²) in [7, 11) is 0. The third-order valence-electron chi connectivity index (χ3n) is 2.43. The van der Waals surface area contributed by atoms with Gasteiger partial charge in [0.05, 0.1) is 5.56 Å². The van der Waals surface area contributed by atoms with Crippen LogP contribution in [0.15, 0.2) is 42.5 Å². The Morgan fingerprint density at radius 1 is 0.944 bits per heavy atom. The van der Waals surface area contributed by atoms with Crippen molar-refractivity contribution in [3.05, 3.63) is 53.8 Å². The van der Waals surface area contributed by atoms with Gasteiger partial charge in [0.2, 0.25) is 0 Å². The number of hydrogen-bond donors (Lipinski definition) is 1. The molecule has 1 N–H and O–H groups in total. The number of alkyl halides is 3. The highest BCUT2D eigenvalue weighted by Crippen LogP contribution is 2.35. The van der Waals surface area contributed by atoms with Crippen molar-refractivity contribution < 1.29 is 22.7 Å². The third kappa shape index (κ3) is 2.45. The molecule has 0 radical (unpaired) electrons. The molecular weight excluding hydrogens is 248 g/mol. The number of rotatable bonds is 1. The number of halogens is 4. The number of aromatic hydroxyl groups is 1. The van der Waals surface area contributed by atoms with Gasteiger partial charge < -0.3 is 5.11 Å². The van der Waals surface area contributed by atoms with Crippen LogP contribution in [0.2, 0.25) is 0 Å². The summed E-state index contributed by atoms with van der Waals surface area (Å²) >= 11 is 0. The van der Waals surface area contributed by atoms with E-state index in [1.165, 1.54) is 18.2 Å². The van der Waals surface area contributed by atoms with Gasteiger partial charge in [0.25, 0.3) is 0 Å². The fraction of sp³-hybridized carbons (Fsp3) is 0.0769. The summed E-state index contributed by atoms with van der Waals surface area (Å²) < 4.78 is 51.2. The van der Waals surface area contributed by atoms with Crippen LogP contribution >= 0.6 is 0 Å². The fourth-order valence-corrected chi connectivity index (χ4v) is 1.63. The summed E-state index contributed by atoms with van der Waals surface area (Å²) in [5.41, 5.74) is -1.01. The number of benzene rings is 2. The molecule has 94 valence electrons. The normalized spacial score (nSPS) is 11.6. The van der Waals surface area contributed by atoms with Crippen molar-refractivity contribution in [3.63, 3.8) is 0 Å². The van der Waals surface area contributed by atoms with Gasteiger partial charge >= 0.3 is 6.18 Å². The zero-order valence-corrected chi connectivity index (χ0v) is 9.00. The van der Waals surface area contributed by atoms with Crippen LogP contribution in [0.1, 0.15) is 5.56 Å². The lowest BCUT2D eigenvalue weighted by atomic mass is 10.0. The molecule has 0 aliphatic rings. The Morgan fingerprint density at radius 2 is 1.61 bits per heavy atom. The van der Waals surface area contributed by atoms with Crippen LogP contribution in [-0.4, -0.2) is 5.11 Å². The van der Waals surface area contributed by atoms with Gasteiger partial charge in [0.1, 0.15) is 11.6 Å². The average Bonchev–Trinajstić information content (AvgIpc) is 2.27. The van der Waals surface area contributed by atoms with Crippen LogP contribution in [0.5, 0.6) is 5.75 Å². The Kier molecular flexibility index (Phi) is 2.98. The van der Waals surface area contributed by atoms with Crippen LogP contribution in [0.4, 0.5) is 17.6 Å². The zero-order chi connectivity index (χ0) is 13.3. The molecule has 0 fully saturated rings. The Hall–Kier alpha value is -2.04. The Balaban J connectivity index is 2.60. The van der Waals surface area contributed by atoms with E-state index in [4.69, 9.17) is 0 Å². The van der Waals surface area contributed by atoms with E-state index in [9.17, 15) is 22.7 Å². The molecule has 0 saturated carbocycles. The van der Waals surface area contributed by atoms with Crippen molar-refractivity contribution in [1.82, 2.24) is 0 Å². The van der Waals surface area contributed by atoms with E-state index in [2.05, 4.69) is 0 Å². The van der Waals surface area contributed by atoms with E-state index in [1.54, 1.807) is 0 Å². The van der Waals surface area contributed by atoms with Gasteiger partial charge in [-0.25, -0.2) is 4.39 Å². The van der Waals surface area contributed by atoms with Crippen LogP contribution < -0.4 is 0 Å². The fourth-order valence-electron chi connectivity index (χ4n) is 1.63. The molecule has 0 heterocycles. The number of phenolic OH excluding ortho intramolecular Hbond substituents is 1. The highest BCUT2D eigenvalue weighted by atomic mass is 19.4. The third-order valence-corrected chi connectivity index (χ3v) is 2.43. The Labute approximate surface area is 100 Å². The van der Waals surface area contributed by atoms with E-state index in [0.29, 0.717) is 6.07 Å². The van der Waals surface area contributed by atoms with E-state index in [-0.39, 0.29) is 11.1 Å². The van der Waals surface area contributed by atoms with Gasteiger partial charge in [-0.3, -0.25) is 0 Å². The molecule has 0 aliphatic heterocycles. The molecule has 2 aromatic carbocycles. The number of hydrogen-bond acceptors (Lipinski definition) is 1. The molecule has 2 rings (SSSR count). The summed E-state index contributed by atoms with van der Waals surface area (Å²) in [4.78, 5) is 0.